The molecule has 1 aliphatic rings. The van der Waals surface area contributed by atoms with E-state index in [1.165, 1.54) is 41.4 Å². The number of thiophene rings is 1. The van der Waals surface area contributed by atoms with Gasteiger partial charge in [0.1, 0.15) is 11.5 Å². The van der Waals surface area contributed by atoms with Crippen molar-refractivity contribution in [1.82, 2.24) is 5.43 Å². The van der Waals surface area contributed by atoms with Gasteiger partial charge in [-0.1, -0.05) is 0 Å². The number of hydrogen-bond acceptors (Lipinski definition) is 5. The van der Waals surface area contributed by atoms with Gasteiger partial charge in [0.25, 0.3) is 5.91 Å². The Labute approximate surface area is 138 Å². The van der Waals surface area contributed by atoms with Crippen molar-refractivity contribution in [1.29, 1.82) is 0 Å². The van der Waals surface area contributed by atoms with Crippen molar-refractivity contribution >= 4 is 23.0 Å². The lowest BCUT2D eigenvalue weighted by atomic mass is 10.1. The maximum Gasteiger partial charge on any atom is 0.281 e. The molecule has 2 N–H and O–H groups in total. The van der Waals surface area contributed by atoms with E-state index in [1.54, 1.807) is 19.1 Å². The summed E-state index contributed by atoms with van der Waals surface area (Å²) in [6, 6.07) is 6.91. The molecule has 3 rings (SSSR count). The fourth-order valence-electron chi connectivity index (χ4n) is 2.64. The Bertz CT molecular complexity index is 759. The number of benzene rings is 1. The molecule has 0 fully saturated rings. The van der Waals surface area contributed by atoms with E-state index in [0.29, 0.717) is 21.9 Å². The van der Waals surface area contributed by atoms with Crippen LogP contribution in [0, 0.1) is 0 Å². The number of methoxy groups -OCH3 is 1. The van der Waals surface area contributed by atoms with Gasteiger partial charge >= 0.3 is 0 Å². The van der Waals surface area contributed by atoms with E-state index in [1.807, 2.05) is 6.07 Å². The van der Waals surface area contributed by atoms with Gasteiger partial charge in [-0.2, -0.15) is 5.10 Å². The molecule has 6 heteroatoms. The number of rotatable bonds is 4. The highest BCUT2D eigenvalue weighted by Crippen LogP contribution is 2.30. The summed E-state index contributed by atoms with van der Waals surface area (Å²) in [5.41, 5.74) is 4.93. The smallest absolute Gasteiger partial charge is 0.281 e. The molecule has 0 spiro atoms. The summed E-state index contributed by atoms with van der Waals surface area (Å²) in [5, 5.41) is 14.1. The van der Waals surface area contributed by atoms with Crippen LogP contribution in [-0.4, -0.2) is 23.8 Å². The zero-order valence-corrected chi connectivity index (χ0v) is 13.9. The molecule has 23 heavy (non-hydrogen) atoms. The molecule has 1 aromatic carbocycles. The van der Waals surface area contributed by atoms with E-state index in [2.05, 4.69) is 10.5 Å². The third-order valence-electron chi connectivity index (χ3n) is 3.89. The number of aromatic hydroxyl groups is 1. The normalized spacial score (nSPS) is 13.7. The lowest BCUT2D eigenvalue weighted by molar-refractivity contribution is 0.0959. The first-order chi connectivity index (χ1) is 11.1. The Kier molecular flexibility index (Phi) is 4.34. The monoisotopic (exact) mass is 330 g/mol. The number of phenols is 1. The van der Waals surface area contributed by atoms with Crippen LogP contribution in [0.15, 0.2) is 29.4 Å². The molecule has 0 radical (unpaired) electrons. The predicted octanol–water partition coefficient (Wildman–Crippen LogP) is 3.11. The van der Waals surface area contributed by atoms with E-state index in [4.69, 9.17) is 4.74 Å². The summed E-state index contributed by atoms with van der Waals surface area (Å²) in [7, 11) is 1.54. The van der Waals surface area contributed by atoms with Gasteiger partial charge in [-0.3, -0.25) is 4.79 Å². The summed E-state index contributed by atoms with van der Waals surface area (Å²) >= 11 is 1.54. The van der Waals surface area contributed by atoms with E-state index < -0.39 is 0 Å². The van der Waals surface area contributed by atoms with Crippen molar-refractivity contribution < 1.29 is 14.6 Å². The lowest BCUT2D eigenvalue weighted by Crippen LogP contribution is -2.18. The van der Waals surface area contributed by atoms with Crippen molar-refractivity contribution in [2.45, 2.75) is 26.2 Å². The van der Waals surface area contributed by atoms with E-state index >= 15 is 0 Å². The Morgan fingerprint density at radius 3 is 2.87 bits per heavy atom. The molecular formula is C17H18N2O3S. The summed E-state index contributed by atoms with van der Waals surface area (Å²) < 4.78 is 5.05. The number of hydrogen-bond donors (Lipinski definition) is 2. The maximum atomic E-state index is 12.2. The van der Waals surface area contributed by atoms with Crippen molar-refractivity contribution in [3.63, 3.8) is 0 Å². The molecule has 1 heterocycles. The van der Waals surface area contributed by atoms with Gasteiger partial charge in [0.05, 0.1) is 17.7 Å². The topological polar surface area (TPSA) is 70.9 Å². The van der Waals surface area contributed by atoms with E-state index in [9.17, 15) is 9.90 Å². The van der Waals surface area contributed by atoms with Crippen LogP contribution >= 0.6 is 11.3 Å². The number of nitrogens with zero attached hydrogens (tertiary/aromatic N) is 1. The molecule has 0 saturated heterocycles. The molecular weight excluding hydrogens is 312 g/mol. The minimum Gasteiger partial charge on any atom is -0.507 e. The number of hydrazone groups is 1. The van der Waals surface area contributed by atoms with Gasteiger partial charge in [-0.25, -0.2) is 5.43 Å². The number of carbonyl (C=O) groups is 1. The van der Waals surface area contributed by atoms with E-state index in [0.717, 1.165) is 12.8 Å². The first kappa shape index (κ1) is 15.6. The molecule has 120 valence electrons. The second-order valence-corrected chi connectivity index (χ2v) is 6.57. The summed E-state index contributed by atoms with van der Waals surface area (Å²) in [6.45, 7) is 1.73. The van der Waals surface area contributed by atoms with Crippen molar-refractivity contribution in [3.05, 3.63) is 45.1 Å². The molecule has 1 aliphatic carbocycles. The van der Waals surface area contributed by atoms with Crippen LogP contribution < -0.4 is 10.2 Å². The largest absolute Gasteiger partial charge is 0.507 e. The van der Waals surface area contributed by atoms with Crippen LogP contribution in [0.3, 0.4) is 0 Å². The molecule has 5 nitrogen and oxygen atoms in total. The van der Waals surface area contributed by atoms with Gasteiger partial charge in [0.15, 0.2) is 0 Å². The molecule has 0 atom stereocenters. The first-order valence-corrected chi connectivity index (χ1v) is 8.23. The Morgan fingerprint density at radius 1 is 1.35 bits per heavy atom. The van der Waals surface area contributed by atoms with Crippen molar-refractivity contribution in [3.8, 4) is 11.5 Å². The SMILES string of the molecule is COc1ccc(/C(C)=N/NC(=O)c2cc3c(s2)CCC3)c(O)c1. The average Bonchev–Trinajstić information content (AvgIpc) is 3.13. The first-order valence-electron chi connectivity index (χ1n) is 7.42. The number of fused-ring (bicyclic) bond motifs is 1. The number of ether oxygens (including phenoxy) is 1. The van der Waals surface area contributed by atoms with Crippen LogP contribution in [0.2, 0.25) is 0 Å². The Hall–Kier alpha value is -2.34. The van der Waals surface area contributed by atoms with Crippen molar-refractivity contribution in [2.75, 3.05) is 7.11 Å². The Morgan fingerprint density at radius 2 is 2.17 bits per heavy atom. The molecule has 0 aliphatic heterocycles. The Balaban J connectivity index is 1.72. The van der Waals surface area contributed by atoms with Crippen LogP contribution in [-0.2, 0) is 12.8 Å². The highest BCUT2D eigenvalue weighted by Gasteiger charge is 2.18. The van der Waals surface area contributed by atoms with Crippen LogP contribution in [0.1, 0.15) is 39.0 Å². The molecule has 2 aromatic rings. The minimum absolute atomic E-state index is 0.0648. The zero-order valence-electron chi connectivity index (χ0n) is 13.0. The highest BCUT2D eigenvalue weighted by molar-refractivity contribution is 7.14. The molecule has 1 amide bonds. The fraction of sp³-hybridized carbons (Fsp3) is 0.294. The minimum atomic E-state index is -0.211. The van der Waals surface area contributed by atoms with Gasteiger partial charge in [0.2, 0.25) is 0 Å². The predicted molar refractivity (Wildman–Crippen MR) is 90.7 cm³/mol. The third-order valence-corrected chi connectivity index (χ3v) is 5.13. The molecule has 0 unspecified atom stereocenters. The number of nitrogens with one attached hydrogen (secondary N) is 1. The quantitative estimate of drug-likeness (QED) is 0.668. The molecule has 0 bridgehead atoms. The average molecular weight is 330 g/mol. The second kappa shape index (κ2) is 6.42. The van der Waals surface area contributed by atoms with Crippen LogP contribution in [0.4, 0.5) is 0 Å². The number of phenolic OH excluding ortho intramolecular Hbond substituents is 1. The third kappa shape index (κ3) is 3.22. The van der Waals surface area contributed by atoms with Gasteiger partial charge in [-0.15, -0.1) is 11.3 Å². The zero-order chi connectivity index (χ0) is 16.4. The van der Waals surface area contributed by atoms with Crippen molar-refractivity contribution in [2.24, 2.45) is 5.10 Å². The van der Waals surface area contributed by atoms with Crippen LogP contribution in [0.5, 0.6) is 11.5 Å². The van der Waals surface area contributed by atoms with Gasteiger partial charge in [-0.05, 0) is 49.9 Å². The number of amides is 1. The maximum absolute atomic E-state index is 12.2. The van der Waals surface area contributed by atoms with Gasteiger partial charge < -0.3 is 9.84 Å². The summed E-state index contributed by atoms with van der Waals surface area (Å²) in [5.74, 6) is 0.419. The molecule has 1 aromatic heterocycles. The fourth-order valence-corrected chi connectivity index (χ4v) is 3.78. The standard InChI is InChI=1S/C17H18N2O3S/c1-10(13-7-6-12(22-2)9-14(13)20)18-19-17(21)16-8-11-4-3-5-15(11)23-16/h6-9,20H,3-5H2,1-2H3,(H,19,21)/b18-10+. The highest BCUT2D eigenvalue weighted by atomic mass is 32.1. The summed E-state index contributed by atoms with van der Waals surface area (Å²) in [4.78, 5) is 14.2. The van der Waals surface area contributed by atoms with Gasteiger partial charge in [0, 0.05) is 16.5 Å². The summed E-state index contributed by atoms with van der Waals surface area (Å²) in [6.07, 6.45) is 3.30. The van der Waals surface area contributed by atoms with E-state index in [-0.39, 0.29) is 11.7 Å². The van der Waals surface area contributed by atoms with Crippen LogP contribution in [0.25, 0.3) is 0 Å². The molecule has 0 saturated carbocycles. The second-order valence-electron chi connectivity index (χ2n) is 5.43. The number of aryl methyl sites for hydroxylation is 2. The number of carbonyl (C=O) groups excluding carboxylic acids is 1. The lowest BCUT2D eigenvalue weighted by Gasteiger charge is -2.06.